The minimum Gasteiger partial charge on any atom is -0.329 e. The summed E-state index contributed by atoms with van der Waals surface area (Å²) in [6.07, 6.45) is 4.84. The molecule has 0 saturated carbocycles. The number of amides is 1. The number of halogens is 1. The van der Waals surface area contributed by atoms with Crippen molar-refractivity contribution in [2.24, 2.45) is 0 Å². The van der Waals surface area contributed by atoms with E-state index in [1.807, 2.05) is 12.1 Å². The van der Waals surface area contributed by atoms with Crippen LogP contribution in [-0.4, -0.2) is 32.1 Å². The zero-order valence-electron chi connectivity index (χ0n) is 12.2. The van der Waals surface area contributed by atoms with Crippen LogP contribution >= 0.6 is 11.6 Å². The molecule has 0 spiro atoms. The summed E-state index contributed by atoms with van der Waals surface area (Å²) in [7, 11) is 0. The third-order valence-electron chi connectivity index (χ3n) is 3.90. The van der Waals surface area contributed by atoms with Gasteiger partial charge in [-0.05, 0) is 24.0 Å². The summed E-state index contributed by atoms with van der Waals surface area (Å²) in [5, 5.41) is 4.45. The van der Waals surface area contributed by atoms with Gasteiger partial charge in [0.25, 0.3) is 0 Å². The third kappa shape index (κ3) is 3.04. The standard InChI is InChI=1S/C16H17ClN4O/c1-12(17)8-21(16(22)9-20-11-18-10-19-20)15-7-6-13-4-2-3-5-14(13)15/h2-5,10-11,15H,1,6-9H2/t15-/m1/s1. The molecule has 1 heterocycles. The van der Waals surface area contributed by atoms with Crippen LogP contribution in [0.25, 0.3) is 0 Å². The average molecular weight is 317 g/mol. The predicted octanol–water partition coefficient (Wildman–Crippen LogP) is 2.55. The van der Waals surface area contributed by atoms with E-state index in [0.717, 1.165) is 12.8 Å². The topological polar surface area (TPSA) is 51.0 Å². The van der Waals surface area contributed by atoms with Crippen molar-refractivity contribution in [3.63, 3.8) is 0 Å². The average Bonchev–Trinajstić information content (AvgIpc) is 3.13. The fourth-order valence-electron chi connectivity index (χ4n) is 2.96. The molecule has 0 bridgehead atoms. The minimum atomic E-state index is -0.0333. The number of carbonyl (C=O) groups excluding carboxylic acids is 1. The molecule has 114 valence electrons. The van der Waals surface area contributed by atoms with E-state index in [4.69, 9.17) is 11.6 Å². The summed E-state index contributed by atoms with van der Waals surface area (Å²) in [5.41, 5.74) is 2.50. The fourth-order valence-corrected chi connectivity index (χ4v) is 3.09. The van der Waals surface area contributed by atoms with Gasteiger partial charge in [0.15, 0.2) is 0 Å². The first-order valence-corrected chi connectivity index (χ1v) is 7.56. The Labute approximate surface area is 134 Å². The van der Waals surface area contributed by atoms with E-state index >= 15 is 0 Å². The van der Waals surface area contributed by atoms with Crippen molar-refractivity contribution in [2.45, 2.75) is 25.4 Å². The van der Waals surface area contributed by atoms with Crippen molar-refractivity contribution >= 4 is 17.5 Å². The number of nitrogens with zero attached hydrogens (tertiary/aromatic N) is 4. The van der Waals surface area contributed by atoms with Crippen molar-refractivity contribution in [1.82, 2.24) is 19.7 Å². The van der Waals surface area contributed by atoms with E-state index in [2.05, 4.69) is 28.8 Å². The Kier molecular flexibility index (Phi) is 4.24. The molecule has 0 aliphatic heterocycles. The molecule has 0 saturated heterocycles. The predicted molar refractivity (Wildman–Crippen MR) is 84.2 cm³/mol. The molecule has 0 fully saturated rings. The second kappa shape index (κ2) is 6.32. The smallest absolute Gasteiger partial charge is 0.245 e. The Bertz CT molecular complexity index is 683. The quantitative estimate of drug-likeness (QED) is 0.852. The lowest BCUT2D eigenvalue weighted by Crippen LogP contribution is -2.37. The molecule has 22 heavy (non-hydrogen) atoms. The maximum Gasteiger partial charge on any atom is 0.245 e. The zero-order chi connectivity index (χ0) is 15.5. The number of aryl methyl sites for hydroxylation is 1. The molecule has 1 amide bonds. The Balaban J connectivity index is 1.84. The number of carbonyl (C=O) groups is 1. The molecular formula is C16H17ClN4O. The highest BCUT2D eigenvalue weighted by Crippen LogP contribution is 2.36. The summed E-state index contributed by atoms with van der Waals surface area (Å²) in [6.45, 7) is 4.24. The molecule has 5 nitrogen and oxygen atoms in total. The second-order valence-electron chi connectivity index (χ2n) is 5.39. The van der Waals surface area contributed by atoms with Gasteiger partial charge in [-0.15, -0.1) is 0 Å². The van der Waals surface area contributed by atoms with Gasteiger partial charge in [0, 0.05) is 5.03 Å². The summed E-state index contributed by atoms with van der Waals surface area (Å²) in [5.74, 6) is -0.0333. The highest BCUT2D eigenvalue weighted by atomic mass is 35.5. The molecule has 6 heteroatoms. The number of benzene rings is 1. The van der Waals surface area contributed by atoms with E-state index in [1.54, 1.807) is 4.90 Å². The van der Waals surface area contributed by atoms with Gasteiger partial charge in [0.05, 0.1) is 12.6 Å². The van der Waals surface area contributed by atoms with Crippen molar-refractivity contribution in [3.8, 4) is 0 Å². The number of aromatic nitrogens is 3. The van der Waals surface area contributed by atoms with E-state index in [-0.39, 0.29) is 18.5 Å². The molecular weight excluding hydrogens is 300 g/mol. The lowest BCUT2D eigenvalue weighted by Gasteiger charge is -2.29. The fraction of sp³-hybridized carbons (Fsp3) is 0.312. The molecule has 0 N–H and O–H groups in total. The zero-order valence-corrected chi connectivity index (χ0v) is 12.9. The summed E-state index contributed by atoms with van der Waals surface area (Å²) in [4.78, 5) is 18.3. The summed E-state index contributed by atoms with van der Waals surface area (Å²) < 4.78 is 1.52. The van der Waals surface area contributed by atoms with Gasteiger partial charge >= 0.3 is 0 Å². The first-order valence-electron chi connectivity index (χ1n) is 7.18. The second-order valence-corrected chi connectivity index (χ2v) is 5.92. The van der Waals surface area contributed by atoms with Gasteiger partial charge in [0.2, 0.25) is 5.91 Å². The number of rotatable bonds is 5. The summed E-state index contributed by atoms with van der Waals surface area (Å²) in [6, 6.07) is 8.28. The van der Waals surface area contributed by atoms with Crippen LogP contribution in [-0.2, 0) is 17.8 Å². The first-order chi connectivity index (χ1) is 10.6. The Hall–Kier alpha value is -2.14. The van der Waals surface area contributed by atoms with E-state index in [0.29, 0.717) is 11.6 Å². The maximum atomic E-state index is 12.7. The van der Waals surface area contributed by atoms with Crippen LogP contribution in [0, 0.1) is 0 Å². The van der Waals surface area contributed by atoms with Crippen molar-refractivity contribution < 1.29 is 4.79 Å². The monoisotopic (exact) mass is 316 g/mol. The third-order valence-corrected chi connectivity index (χ3v) is 4.02. The molecule has 1 aromatic carbocycles. The van der Waals surface area contributed by atoms with E-state index < -0.39 is 0 Å². The lowest BCUT2D eigenvalue weighted by molar-refractivity contribution is -0.134. The lowest BCUT2D eigenvalue weighted by atomic mass is 10.1. The van der Waals surface area contributed by atoms with Crippen molar-refractivity contribution in [2.75, 3.05) is 6.54 Å². The molecule has 1 atom stereocenters. The molecule has 2 aromatic rings. The van der Waals surface area contributed by atoms with Crippen LogP contribution in [0.4, 0.5) is 0 Å². The highest BCUT2D eigenvalue weighted by Gasteiger charge is 2.31. The first kappa shape index (κ1) is 14.8. The van der Waals surface area contributed by atoms with Gasteiger partial charge in [-0.1, -0.05) is 42.4 Å². The molecule has 1 aliphatic rings. The number of fused-ring (bicyclic) bond motifs is 1. The van der Waals surface area contributed by atoms with E-state index in [9.17, 15) is 4.79 Å². The summed E-state index contributed by atoms with van der Waals surface area (Å²) >= 11 is 5.98. The SMILES string of the molecule is C=C(Cl)CN(C(=O)Cn1cncn1)[C@@H]1CCc2ccccc21. The Morgan fingerprint density at radius 1 is 1.45 bits per heavy atom. The number of hydrogen-bond donors (Lipinski definition) is 0. The number of hydrogen-bond acceptors (Lipinski definition) is 3. The van der Waals surface area contributed by atoms with Crippen LogP contribution in [0.15, 0.2) is 48.5 Å². The van der Waals surface area contributed by atoms with Crippen LogP contribution in [0.3, 0.4) is 0 Å². The minimum absolute atomic E-state index is 0.0333. The normalized spacial score (nSPS) is 16.3. The molecule has 1 aromatic heterocycles. The van der Waals surface area contributed by atoms with Gasteiger partial charge < -0.3 is 4.90 Å². The molecule has 3 rings (SSSR count). The van der Waals surface area contributed by atoms with Gasteiger partial charge in [-0.3, -0.25) is 4.79 Å². The van der Waals surface area contributed by atoms with Gasteiger partial charge in [-0.25, -0.2) is 9.67 Å². The maximum absolute atomic E-state index is 12.7. The Morgan fingerprint density at radius 2 is 2.27 bits per heavy atom. The largest absolute Gasteiger partial charge is 0.329 e. The van der Waals surface area contributed by atoms with Crippen LogP contribution < -0.4 is 0 Å². The van der Waals surface area contributed by atoms with Crippen molar-refractivity contribution in [1.29, 1.82) is 0 Å². The van der Waals surface area contributed by atoms with E-state index in [1.165, 1.54) is 28.5 Å². The van der Waals surface area contributed by atoms with Crippen LogP contribution in [0.2, 0.25) is 0 Å². The Morgan fingerprint density at radius 3 is 3.00 bits per heavy atom. The highest BCUT2D eigenvalue weighted by molar-refractivity contribution is 6.29. The molecule has 1 aliphatic carbocycles. The van der Waals surface area contributed by atoms with Crippen molar-refractivity contribution in [3.05, 3.63) is 59.7 Å². The van der Waals surface area contributed by atoms with Gasteiger partial charge in [-0.2, -0.15) is 5.10 Å². The van der Waals surface area contributed by atoms with Crippen LogP contribution in [0.1, 0.15) is 23.6 Å². The van der Waals surface area contributed by atoms with Gasteiger partial charge in [0.1, 0.15) is 19.2 Å². The molecule has 0 radical (unpaired) electrons. The molecule has 0 unspecified atom stereocenters. The van der Waals surface area contributed by atoms with Crippen LogP contribution in [0.5, 0.6) is 0 Å².